The maximum absolute atomic E-state index is 13.8. The van der Waals surface area contributed by atoms with Crippen molar-refractivity contribution < 1.29 is 57.8 Å². The van der Waals surface area contributed by atoms with E-state index in [1.807, 2.05) is 0 Å². The first kappa shape index (κ1) is 45.2. The summed E-state index contributed by atoms with van der Waals surface area (Å²) in [5.41, 5.74) is 31.7. The molecule has 0 radical (unpaired) electrons. The summed E-state index contributed by atoms with van der Waals surface area (Å²) >= 11 is 0. The second-order valence-electron chi connectivity index (χ2n) is 12.4. The molecule has 1 aliphatic heterocycles. The summed E-state index contributed by atoms with van der Waals surface area (Å²) in [6.07, 6.45) is -3.14. The minimum absolute atomic E-state index is 0.0104. The van der Waals surface area contributed by atoms with E-state index in [2.05, 4.69) is 21.3 Å². The van der Waals surface area contributed by atoms with Crippen LogP contribution in [0.25, 0.3) is 0 Å². The molecule has 0 aliphatic carbocycles. The van der Waals surface area contributed by atoms with Crippen molar-refractivity contribution in [3.8, 4) is 0 Å². The van der Waals surface area contributed by atoms with Crippen molar-refractivity contribution in [3.05, 3.63) is 0 Å². The molecule has 0 aromatic carbocycles. The second kappa shape index (κ2) is 22.1. The number of likely N-dealkylation sites (tertiary alicyclic amines) is 1. The molecule has 23 heteroatoms. The summed E-state index contributed by atoms with van der Waals surface area (Å²) in [4.78, 5) is 136. The molecule has 0 aromatic heterocycles. The second-order valence-corrected chi connectivity index (χ2v) is 12.4. The van der Waals surface area contributed by atoms with Crippen LogP contribution >= 0.6 is 0 Å². The quantitative estimate of drug-likeness (QED) is 0.0414. The van der Waals surface area contributed by atoms with Crippen molar-refractivity contribution in [1.29, 1.82) is 0 Å². The zero-order valence-corrected chi connectivity index (χ0v) is 29.0. The minimum atomic E-state index is -1.60. The van der Waals surface area contributed by atoms with Gasteiger partial charge in [0.25, 0.3) is 0 Å². The van der Waals surface area contributed by atoms with Crippen LogP contribution in [0.4, 0.5) is 0 Å². The van der Waals surface area contributed by atoms with E-state index < -0.39 is 127 Å². The van der Waals surface area contributed by atoms with Crippen LogP contribution in [0.5, 0.6) is 0 Å². The molecule has 0 saturated carbocycles. The fourth-order valence-electron chi connectivity index (χ4n) is 5.22. The van der Waals surface area contributed by atoms with Gasteiger partial charge in [-0.1, -0.05) is 0 Å². The molecule has 6 atom stereocenters. The lowest BCUT2D eigenvalue weighted by Crippen LogP contribution is -2.59. The van der Waals surface area contributed by atoms with Crippen LogP contribution in [0, 0.1) is 0 Å². The smallest absolute Gasteiger partial charge is 0.326 e. The highest BCUT2D eigenvalue weighted by atomic mass is 16.4. The van der Waals surface area contributed by atoms with E-state index in [0.29, 0.717) is 6.42 Å². The Labute approximate surface area is 303 Å². The Balaban J connectivity index is 3.30. The van der Waals surface area contributed by atoms with Gasteiger partial charge >= 0.3 is 5.97 Å². The molecule has 1 saturated heterocycles. The molecule has 296 valence electrons. The van der Waals surface area contributed by atoms with E-state index in [1.165, 1.54) is 0 Å². The van der Waals surface area contributed by atoms with E-state index in [4.69, 9.17) is 34.4 Å². The van der Waals surface area contributed by atoms with Gasteiger partial charge in [0.05, 0.1) is 6.04 Å². The van der Waals surface area contributed by atoms with E-state index >= 15 is 0 Å². The summed E-state index contributed by atoms with van der Waals surface area (Å²) in [7, 11) is 0. The highest BCUT2D eigenvalue weighted by Crippen LogP contribution is 2.20. The summed E-state index contributed by atoms with van der Waals surface area (Å²) in [6.45, 7) is -0.0104. The number of aliphatic carboxylic acids is 1. The van der Waals surface area contributed by atoms with E-state index in [0.717, 1.165) is 4.90 Å². The lowest BCUT2D eigenvalue weighted by Gasteiger charge is -2.30. The summed E-state index contributed by atoms with van der Waals surface area (Å²) in [5.74, 6) is -10.3. The molecular weight excluding hydrogens is 706 g/mol. The number of nitrogens with zero attached hydrogens (tertiary/aromatic N) is 1. The zero-order valence-electron chi connectivity index (χ0n) is 29.0. The molecule has 0 aromatic rings. The van der Waals surface area contributed by atoms with Crippen molar-refractivity contribution in [3.63, 3.8) is 0 Å². The van der Waals surface area contributed by atoms with Gasteiger partial charge in [-0.15, -0.1) is 0 Å². The third-order valence-corrected chi connectivity index (χ3v) is 8.09. The third-order valence-electron chi connectivity index (χ3n) is 8.09. The SMILES string of the molecule is NC(=O)CC[C@H](NC(=O)[C@@H]1CCCN1C(=O)[C@H](CCC(N)=O)NC(=O)[C@H](CCC(N)=O)NC(=O)[C@H](CCC(N)=O)NC(=O)[C@@H](N)CCC(N)=O)C(=O)O. The van der Waals surface area contributed by atoms with E-state index in [9.17, 15) is 57.8 Å². The number of hydrogen-bond donors (Lipinski definition) is 11. The number of carbonyl (C=O) groups is 11. The molecule has 1 fully saturated rings. The fraction of sp³-hybridized carbons (Fsp3) is 0.633. The zero-order chi connectivity index (χ0) is 40.4. The Hall–Kier alpha value is -5.87. The molecule has 0 bridgehead atoms. The number of primary amides is 5. The number of nitrogens with one attached hydrogen (secondary N) is 4. The lowest BCUT2D eigenvalue weighted by atomic mass is 10.0. The number of hydrogen-bond acceptors (Lipinski definition) is 12. The van der Waals surface area contributed by atoms with Crippen LogP contribution in [-0.2, 0) is 52.7 Å². The maximum atomic E-state index is 13.8. The van der Waals surface area contributed by atoms with Gasteiger partial charge in [0, 0.05) is 38.6 Å². The Morgan fingerprint density at radius 3 is 1.36 bits per heavy atom. The monoisotopic (exact) mass is 755 g/mol. The van der Waals surface area contributed by atoms with Gasteiger partial charge < -0.3 is 65.7 Å². The van der Waals surface area contributed by atoms with Crippen LogP contribution in [0.15, 0.2) is 0 Å². The summed E-state index contributed by atoms with van der Waals surface area (Å²) in [6, 6.07) is -8.65. The average Bonchev–Trinajstić information content (AvgIpc) is 3.56. The van der Waals surface area contributed by atoms with Crippen molar-refractivity contribution in [2.45, 2.75) is 113 Å². The van der Waals surface area contributed by atoms with Gasteiger partial charge in [0.2, 0.25) is 59.1 Å². The first-order valence-corrected chi connectivity index (χ1v) is 16.6. The van der Waals surface area contributed by atoms with Crippen molar-refractivity contribution in [1.82, 2.24) is 26.2 Å². The van der Waals surface area contributed by atoms with Crippen molar-refractivity contribution >= 4 is 65.0 Å². The molecule has 23 nitrogen and oxygen atoms in total. The predicted molar refractivity (Wildman–Crippen MR) is 180 cm³/mol. The van der Waals surface area contributed by atoms with Gasteiger partial charge in [-0.2, -0.15) is 0 Å². The van der Waals surface area contributed by atoms with Crippen LogP contribution in [0.3, 0.4) is 0 Å². The van der Waals surface area contributed by atoms with Gasteiger partial charge in [0.1, 0.15) is 30.2 Å². The maximum Gasteiger partial charge on any atom is 0.326 e. The van der Waals surface area contributed by atoms with Crippen molar-refractivity contribution in [2.75, 3.05) is 6.54 Å². The molecule has 1 rings (SSSR count). The van der Waals surface area contributed by atoms with Crippen molar-refractivity contribution in [2.24, 2.45) is 34.4 Å². The number of carbonyl (C=O) groups excluding carboxylic acids is 10. The lowest BCUT2D eigenvalue weighted by molar-refractivity contribution is -0.145. The Bertz CT molecular complexity index is 1420. The van der Waals surface area contributed by atoms with Crippen LogP contribution in [-0.4, -0.2) is 118 Å². The van der Waals surface area contributed by atoms with Crippen LogP contribution in [0.1, 0.15) is 77.0 Å². The Kier molecular flexibility index (Phi) is 18.9. The summed E-state index contributed by atoms with van der Waals surface area (Å²) in [5, 5.41) is 18.8. The normalized spacial score (nSPS) is 16.5. The van der Waals surface area contributed by atoms with Gasteiger partial charge in [-0.3, -0.25) is 47.9 Å². The number of carboxylic acid groups (broad SMARTS) is 1. The first-order chi connectivity index (χ1) is 24.7. The van der Waals surface area contributed by atoms with Crippen LogP contribution in [0.2, 0.25) is 0 Å². The number of carboxylic acids is 1. The minimum Gasteiger partial charge on any atom is -0.480 e. The standard InChI is InChI=1S/C30H49N11O12/c31-14(3-8-20(32)42)25(47)37-15(4-9-21(33)43)26(48)38-16(5-10-22(34)44)27(49)39-17(6-11-23(35)45)29(51)41-13-1-2-19(41)28(50)40-18(30(52)53)7-12-24(36)46/h14-19H,1-13,31H2,(H2,32,42)(H2,33,43)(H2,34,44)(H2,35,45)(H2,36,46)(H,37,47)(H,38,48)(H,39,49)(H,40,50)(H,52,53)/t14-,15-,16-,17-,18-,19-/m0/s1. The van der Waals surface area contributed by atoms with Gasteiger partial charge in [0.15, 0.2) is 0 Å². The molecule has 10 amide bonds. The molecular formula is C30H49N11O12. The fourth-order valence-corrected chi connectivity index (χ4v) is 5.22. The highest BCUT2D eigenvalue weighted by molar-refractivity contribution is 5.97. The predicted octanol–water partition coefficient (Wildman–Crippen LogP) is -6.34. The topological polar surface area (TPSA) is 415 Å². The third kappa shape index (κ3) is 16.8. The number of amides is 10. The van der Waals surface area contributed by atoms with Gasteiger partial charge in [-0.05, 0) is 44.9 Å². The molecule has 17 N–H and O–H groups in total. The Morgan fingerprint density at radius 2 is 0.925 bits per heavy atom. The number of rotatable bonds is 25. The first-order valence-electron chi connectivity index (χ1n) is 16.6. The average molecular weight is 756 g/mol. The summed E-state index contributed by atoms with van der Waals surface area (Å²) < 4.78 is 0. The molecule has 0 unspecified atom stereocenters. The van der Waals surface area contributed by atoms with Crippen LogP contribution < -0.4 is 55.7 Å². The van der Waals surface area contributed by atoms with Gasteiger partial charge in [-0.25, -0.2) is 4.79 Å². The Morgan fingerprint density at radius 1 is 0.547 bits per heavy atom. The van der Waals surface area contributed by atoms with E-state index in [1.54, 1.807) is 0 Å². The molecule has 0 spiro atoms. The highest BCUT2D eigenvalue weighted by Gasteiger charge is 2.40. The molecule has 1 heterocycles. The van der Waals surface area contributed by atoms with E-state index in [-0.39, 0.29) is 51.5 Å². The molecule has 53 heavy (non-hydrogen) atoms. The largest absolute Gasteiger partial charge is 0.480 e. The molecule has 1 aliphatic rings. The number of nitrogens with two attached hydrogens (primary N) is 6.